The second kappa shape index (κ2) is 3.35. The minimum Gasteiger partial charge on any atom is -0.327 e. The Morgan fingerprint density at radius 3 is 2.50 bits per heavy atom. The lowest BCUT2D eigenvalue weighted by atomic mass is 9.87. The first-order valence-corrected chi connectivity index (χ1v) is 4.16. The normalized spacial score (nSPS) is 34.8. The molecule has 0 bridgehead atoms. The highest BCUT2D eigenvalue weighted by Gasteiger charge is 2.20. The number of nitrogens with two attached hydrogens (primary N) is 1. The van der Waals surface area contributed by atoms with Crippen molar-refractivity contribution in [1.29, 1.82) is 0 Å². The predicted molar refractivity (Wildman–Crippen MR) is 43.8 cm³/mol. The largest absolute Gasteiger partial charge is 0.327 e. The highest BCUT2D eigenvalue weighted by atomic mass is 14.9. The standard InChI is InChI=1S/C8H18N2/c1-6(2)7-3-8(9)5-10-4-7/h6-8,10H,3-5,9H2,1-2H3. The third-order valence-corrected chi connectivity index (χ3v) is 2.36. The van der Waals surface area contributed by atoms with E-state index in [2.05, 4.69) is 19.2 Å². The molecule has 0 aromatic rings. The lowest BCUT2D eigenvalue weighted by Gasteiger charge is -2.30. The summed E-state index contributed by atoms with van der Waals surface area (Å²) in [6.07, 6.45) is 1.20. The lowest BCUT2D eigenvalue weighted by Crippen LogP contribution is -2.45. The number of rotatable bonds is 1. The molecule has 2 nitrogen and oxygen atoms in total. The molecule has 1 fully saturated rings. The molecule has 0 radical (unpaired) electrons. The van der Waals surface area contributed by atoms with Gasteiger partial charge in [0.25, 0.3) is 0 Å². The quantitative estimate of drug-likeness (QED) is 0.562. The summed E-state index contributed by atoms with van der Waals surface area (Å²) >= 11 is 0. The number of nitrogens with one attached hydrogen (secondary N) is 1. The lowest BCUT2D eigenvalue weighted by molar-refractivity contribution is 0.273. The monoisotopic (exact) mass is 142 g/mol. The van der Waals surface area contributed by atoms with E-state index in [1.807, 2.05) is 0 Å². The van der Waals surface area contributed by atoms with Crippen LogP contribution in [0.5, 0.6) is 0 Å². The molecule has 0 aromatic carbocycles. The molecular formula is C8H18N2. The number of hydrogen-bond acceptors (Lipinski definition) is 2. The Bertz CT molecular complexity index is 101. The summed E-state index contributed by atoms with van der Waals surface area (Å²) in [5.74, 6) is 1.57. The Morgan fingerprint density at radius 1 is 1.40 bits per heavy atom. The minimum absolute atomic E-state index is 0.390. The average molecular weight is 142 g/mol. The van der Waals surface area contributed by atoms with Gasteiger partial charge in [0.15, 0.2) is 0 Å². The van der Waals surface area contributed by atoms with Gasteiger partial charge in [-0.25, -0.2) is 0 Å². The predicted octanol–water partition coefficient (Wildman–Crippen LogP) is 0.579. The van der Waals surface area contributed by atoms with Crippen LogP contribution in [0.25, 0.3) is 0 Å². The Balaban J connectivity index is 2.32. The molecular weight excluding hydrogens is 124 g/mol. The van der Waals surface area contributed by atoms with E-state index in [9.17, 15) is 0 Å². The molecule has 2 unspecified atom stereocenters. The van der Waals surface area contributed by atoms with Crippen molar-refractivity contribution in [2.45, 2.75) is 26.3 Å². The second-order valence-corrected chi connectivity index (χ2v) is 3.66. The van der Waals surface area contributed by atoms with Crippen LogP contribution in [-0.2, 0) is 0 Å². The van der Waals surface area contributed by atoms with Gasteiger partial charge >= 0.3 is 0 Å². The van der Waals surface area contributed by atoms with Gasteiger partial charge in [0.1, 0.15) is 0 Å². The van der Waals surface area contributed by atoms with E-state index >= 15 is 0 Å². The molecule has 60 valence electrons. The van der Waals surface area contributed by atoms with Crippen LogP contribution < -0.4 is 11.1 Å². The van der Waals surface area contributed by atoms with Gasteiger partial charge in [-0.1, -0.05) is 13.8 Å². The van der Waals surface area contributed by atoms with Crippen LogP contribution in [0.4, 0.5) is 0 Å². The van der Waals surface area contributed by atoms with Crippen molar-refractivity contribution in [3.8, 4) is 0 Å². The third-order valence-electron chi connectivity index (χ3n) is 2.36. The van der Waals surface area contributed by atoms with E-state index in [1.165, 1.54) is 6.42 Å². The zero-order chi connectivity index (χ0) is 7.56. The van der Waals surface area contributed by atoms with Crippen LogP contribution in [0.2, 0.25) is 0 Å². The Morgan fingerprint density at radius 2 is 2.10 bits per heavy atom. The average Bonchev–Trinajstić information content (AvgIpc) is 1.88. The summed E-state index contributed by atoms with van der Waals surface area (Å²) in [5.41, 5.74) is 5.80. The van der Waals surface area contributed by atoms with Crippen molar-refractivity contribution in [3.63, 3.8) is 0 Å². The maximum Gasteiger partial charge on any atom is 0.0168 e. The van der Waals surface area contributed by atoms with Crippen molar-refractivity contribution in [3.05, 3.63) is 0 Å². The first-order valence-electron chi connectivity index (χ1n) is 4.16. The fourth-order valence-corrected chi connectivity index (χ4v) is 1.52. The maximum absolute atomic E-state index is 5.80. The van der Waals surface area contributed by atoms with Crippen LogP contribution in [0, 0.1) is 11.8 Å². The van der Waals surface area contributed by atoms with Crippen LogP contribution >= 0.6 is 0 Å². The van der Waals surface area contributed by atoms with Crippen LogP contribution in [0.15, 0.2) is 0 Å². The third kappa shape index (κ3) is 1.96. The first-order chi connectivity index (χ1) is 4.70. The van der Waals surface area contributed by atoms with Gasteiger partial charge in [0.05, 0.1) is 0 Å². The molecule has 1 aliphatic rings. The molecule has 2 heteroatoms. The summed E-state index contributed by atoms with van der Waals surface area (Å²) in [5, 5.41) is 3.34. The van der Waals surface area contributed by atoms with Gasteiger partial charge in [-0.2, -0.15) is 0 Å². The molecule has 1 saturated heterocycles. The van der Waals surface area contributed by atoms with E-state index in [0.717, 1.165) is 24.9 Å². The Labute approximate surface area is 63.2 Å². The van der Waals surface area contributed by atoms with Crippen LogP contribution in [0.1, 0.15) is 20.3 Å². The topological polar surface area (TPSA) is 38.0 Å². The summed E-state index contributed by atoms with van der Waals surface area (Å²) in [7, 11) is 0. The second-order valence-electron chi connectivity index (χ2n) is 3.66. The Kier molecular flexibility index (Phi) is 2.69. The van der Waals surface area contributed by atoms with Crippen molar-refractivity contribution in [2.24, 2.45) is 17.6 Å². The van der Waals surface area contributed by atoms with Gasteiger partial charge in [-0.15, -0.1) is 0 Å². The zero-order valence-electron chi connectivity index (χ0n) is 6.93. The maximum atomic E-state index is 5.80. The van der Waals surface area contributed by atoms with Crippen molar-refractivity contribution in [2.75, 3.05) is 13.1 Å². The zero-order valence-corrected chi connectivity index (χ0v) is 6.93. The SMILES string of the molecule is CC(C)C1CNCC(N)C1. The highest BCUT2D eigenvalue weighted by molar-refractivity contribution is 4.79. The molecule has 0 saturated carbocycles. The minimum atomic E-state index is 0.390. The summed E-state index contributed by atoms with van der Waals surface area (Å²) < 4.78 is 0. The van der Waals surface area contributed by atoms with Crippen molar-refractivity contribution in [1.82, 2.24) is 5.32 Å². The summed E-state index contributed by atoms with van der Waals surface area (Å²) in [6, 6.07) is 0.390. The number of hydrogen-bond donors (Lipinski definition) is 2. The fraction of sp³-hybridized carbons (Fsp3) is 1.00. The van der Waals surface area contributed by atoms with Gasteiger partial charge in [0.2, 0.25) is 0 Å². The van der Waals surface area contributed by atoms with E-state index in [0.29, 0.717) is 6.04 Å². The molecule has 1 aliphatic heterocycles. The molecule has 0 amide bonds. The van der Waals surface area contributed by atoms with E-state index in [1.54, 1.807) is 0 Å². The molecule has 0 aliphatic carbocycles. The molecule has 2 atom stereocenters. The van der Waals surface area contributed by atoms with E-state index in [4.69, 9.17) is 5.73 Å². The van der Waals surface area contributed by atoms with Gasteiger partial charge in [-0.3, -0.25) is 0 Å². The van der Waals surface area contributed by atoms with Crippen LogP contribution in [-0.4, -0.2) is 19.1 Å². The molecule has 10 heavy (non-hydrogen) atoms. The van der Waals surface area contributed by atoms with Crippen molar-refractivity contribution < 1.29 is 0 Å². The number of piperidine rings is 1. The van der Waals surface area contributed by atoms with Gasteiger partial charge < -0.3 is 11.1 Å². The van der Waals surface area contributed by atoms with E-state index < -0.39 is 0 Å². The molecule has 1 heterocycles. The first kappa shape index (κ1) is 8.02. The molecule has 0 aromatic heterocycles. The summed E-state index contributed by atoms with van der Waals surface area (Å²) in [4.78, 5) is 0. The highest BCUT2D eigenvalue weighted by Crippen LogP contribution is 2.17. The molecule has 3 N–H and O–H groups in total. The van der Waals surface area contributed by atoms with Gasteiger partial charge in [0, 0.05) is 12.6 Å². The summed E-state index contributed by atoms with van der Waals surface area (Å²) in [6.45, 7) is 6.70. The van der Waals surface area contributed by atoms with Crippen molar-refractivity contribution >= 4 is 0 Å². The molecule has 0 spiro atoms. The van der Waals surface area contributed by atoms with Crippen LogP contribution in [0.3, 0.4) is 0 Å². The Hall–Kier alpha value is -0.0800. The smallest absolute Gasteiger partial charge is 0.0168 e. The van der Waals surface area contributed by atoms with Gasteiger partial charge in [-0.05, 0) is 24.8 Å². The fourth-order valence-electron chi connectivity index (χ4n) is 1.52. The van der Waals surface area contributed by atoms with E-state index in [-0.39, 0.29) is 0 Å². The molecule has 1 rings (SSSR count).